The minimum Gasteiger partial charge on any atom is -0.465 e. The lowest BCUT2D eigenvalue weighted by molar-refractivity contribution is -0.142. The second kappa shape index (κ2) is 8.25. The molecule has 0 atom stereocenters. The van der Waals surface area contributed by atoms with E-state index >= 15 is 0 Å². The third-order valence-corrected chi connectivity index (χ3v) is 2.19. The van der Waals surface area contributed by atoms with Crippen molar-refractivity contribution in [1.29, 1.82) is 0 Å². The summed E-state index contributed by atoms with van der Waals surface area (Å²) in [6, 6.07) is 9.63. The number of rotatable bonds is 7. The van der Waals surface area contributed by atoms with Crippen LogP contribution in [0, 0.1) is 0 Å². The fourth-order valence-corrected chi connectivity index (χ4v) is 1.35. The molecule has 0 radical (unpaired) electrons. The van der Waals surface area contributed by atoms with Gasteiger partial charge in [0.15, 0.2) is 0 Å². The molecule has 2 N–H and O–H groups in total. The summed E-state index contributed by atoms with van der Waals surface area (Å²) in [5, 5.41) is 5.47. The van der Waals surface area contributed by atoms with Crippen LogP contribution in [0.4, 0.5) is 0 Å². The molecule has 0 aliphatic carbocycles. The number of benzene rings is 1. The van der Waals surface area contributed by atoms with E-state index < -0.39 is 0 Å². The molecule has 0 spiro atoms. The molecule has 1 rings (SSSR count). The van der Waals surface area contributed by atoms with E-state index in [1.807, 2.05) is 30.3 Å². The summed E-state index contributed by atoms with van der Waals surface area (Å²) in [5.41, 5.74) is 1.04. The molecule has 0 bridgehead atoms. The summed E-state index contributed by atoms with van der Waals surface area (Å²) in [4.78, 5) is 22.4. The van der Waals surface area contributed by atoms with Crippen molar-refractivity contribution in [1.82, 2.24) is 10.6 Å². The Morgan fingerprint density at radius 2 is 1.89 bits per heavy atom. The molecule has 0 aliphatic rings. The number of esters is 1. The maximum absolute atomic E-state index is 11.4. The fourth-order valence-electron chi connectivity index (χ4n) is 1.35. The predicted molar refractivity (Wildman–Crippen MR) is 67.8 cm³/mol. The first-order chi connectivity index (χ1) is 8.72. The topological polar surface area (TPSA) is 67.4 Å². The number of nitrogens with one attached hydrogen (secondary N) is 2. The Labute approximate surface area is 107 Å². The summed E-state index contributed by atoms with van der Waals surface area (Å²) in [5.74, 6) is -0.503. The largest absolute Gasteiger partial charge is 0.465 e. The van der Waals surface area contributed by atoms with E-state index in [-0.39, 0.29) is 25.0 Å². The summed E-state index contributed by atoms with van der Waals surface area (Å²) in [6.07, 6.45) is 0. The molecule has 1 aromatic carbocycles. The third-order valence-electron chi connectivity index (χ3n) is 2.19. The highest BCUT2D eigenvalue weighted by Gasteiger charge is 2.04. The number of hydrogen-bond acceptors (Lipinski definition) is 4. The Balaban J connectivity index is 2.13. The Morgan fingerprint density at radius 3 is 2.56 bits per heavy atom. The van der Waals surface area contributed by atoms with Crippen molar-refractivity contribution in [2.24, 2.45) is 0 Å². The molecule has 5 nitrogen and oxygen atoms in total. The van der Waals surface area contributed by atoms with Gasteiger partial charge in [-0.2, -0.15) is 0 Å². The second-order valence-corrected chi connectivity index (χ2v) is 3.67. The van der Waals surface area contributed by atoms with Crippen molar-refractivity contribution in [3.63, 3.8) is 0 Å². The molecule has 0 unspecified atom stereocenters. The molecule has 18 heavy (non-hydrogen) atoms. The van der Waals surface area contributed by atoms with Gasteiger partial charge in [0, 0.05) is 6.54 Å². The standard InChI is InChI=1S/C13H18N2O3/c1-2-18-13(17)10-14-9-12(16)15-8-11-6-4-3-5-7-11/h3-7,14H,2,8-10H2,1H3,(H,15,16). The smallest absolute Gasteiger partial charge is 0.319 e. The SMILES string of the molecule is CCOC(=O)CNCC(=O)NCc1ccccc1. The normalized spacial score (nSPS) is 9.83. The first-order valence-electron chi connectivity index (χ1n) is 5.89. The molecule has 0 fully saturated rings. The van der Waals surface area contributed by atoms with Gasteiger partial charge < -0.3 is 10.1 Å². The fraction of sp³-hybridized carbons (Fsp3) is 0.385. The Morgan fingerprint density at radius 1 is 1.17 bits per heavy atom. The van der Waals surface area contributed by atoms with Crippen LogP contribution < -0.4 is 10.6 Å². The van der Waals surface area contributed by atoms with Crippen molar-refractivity contribution in [3.8, 4) is 0 Å². The number of carbonyl (C=O) groups excluding carboxylic acids is 2. The molecular formula is C13H18N2O3. The molecule has 0 heterocycles. The first kappa shape index (κ1) is 14.2. The highest BCUT2D eigenvalue weighted by molar-refractivity contribution is 5.79. The quantitative estimate of drug-likeness (QED) is 0.690. The molecule has 98 valence electrons. The van der Waals surface area contributed by atoms with Gasteiger partial charge in [-0.15, -0.1) is 0 Å². The predicted octanol–water partition coefficient (Wildman–Crippen LogP) is 0.456. The molecule has 0 aliphatic heterocycles. The lowest BCUT2D eigenvalue weighted by atomic mass is 10.2. The Bertz CT molecular complexity index is 379. The highest BCUT2D eigenvalue weighted by atomic mass is 16.5. The first-order valence-corrected chi connectivity index (χ1v) is 5.89. The summed E-state index contributed by atoms with van der Waals surface area (Å²) in [7, 11) is 0. The van der Waals surface area contributed by atoms with Gasteiger partial charge in [-0.3, -0.25) is 14.9 Å². The monoisotopic (exact) mass is 250 g/mol. The summed E-state index contributed by atoms with van der Waals surface area (Å²) < 4.78 is 4.72. The molecular weight excluding hydrogens is 232 g/mol. The van der Waals surface area contributed by atoms with Crippen LogP contribution in [0.3, 0.4) is 0 Å². The van der Waals surface area contributed by atoms with Crippen molar-refractivity contribution >= 4 is 11.9 Å². The van der Waals surface area contributed by atoms with Crippen molar-refractivity contribution in [2.75, 3.05) is 19.7 Å². The van der Waals surface area contributed by atoms with Crippen LogP contribution in [-0.4, -0.2) is 31.6 Å². The molecule has 1 aromatic rings. The third kappa shape index (κ3) is 6.00. The minimum atomic E-state index is -0.353. The lowest BCUT2D eigenvalue weighted by Gasteiger charge is -2.06. The molecule has 0 saturated heterocycles. The van der Waals surface area contributed by atoms with Gasteiger partial charge in [0.1, 0.15) is 0 Å². The van der Waals surface area contributed by atoms with Crippen LogP contribution in [0.15, 0.2) is 30.3 Å². The molecule has 1 amide bonds. The average molecular weight is 250 g/mol. The van der Waals surface area contributed by atoms with E-state index in [9.17, 15) is 9.59 Å². The summed E-state index contributed by atoms with van der Waals surface area (Å²) in [6.45, 7) is 2.73. The minimum absolute atomic E-state index is 0.0482. The number of hydrogen-bond donors (Lipinski definition) is 2. The maximum atomic E-state index is 11.4. The van der Waals surface area contributed by atoms with Gasteiger partial charge in [0.25, 0.3) is 0 Å². The van der Waals surface area contributed by atoms with E-state index in [4.69, 9.17) is 4.74 Å². The van der Waals surface area contributed by atoms with Crippen LogP contribution in [0.5, 0.6) is 0 Å². The average Bonchev–Trinajstić information content (AvgIpc) is 2.38. The van der Waals surface area contributed by atoms with Crippen molar-refractivity contribution in [3.05, 3.63) is 35.9 Å². The van der Waals surface area contributed by atoms with Crippen LogP contribution in [0.1, 0.15) is 12.5 Å². The van der Waals surface area contributed by atoms with Crippen molar-refractivity contribution in [2.45, 2.75) is 13.5 Å². The van der Waals surface area contributed by atoms with E-state index in [0.29, 0.717) is 13.2 Å². The van der Waals surface area contributed by atoms with Crippen molar-refractivity contribution < 1.29 is 14.3 Å². The van der Waals surface area contributed by atoms with Gasteiger partial charge in [-0.25, -0.2) is 0 Å². The zero-order valence-corrected chi connectivity index (χ0v) is 10.4. The number of carbonyl (C=O) groups is 2. The zero-order valence-electron chi connectivity index (χ0n) is 10.4. The maximum Gasteiger partial charge on any atom is 0.319 e. The number of ether oxygens (including phenoxy) is 1. The van der Waals surface area contributed by atoms with E-state index in [0.717, 1.165) is 5.56 Å². The van der Waals surface area contributed by atoms with Crippen LogP contribution in [0.25, 0.3) is 0 Å². The van der Waals surface area contributed by atoms with Gasteiger partial charge in [0.2, 0.25) is 5.91 Å². The van der Waals surface area contributed by atoms with E-state index in [1.165, 1.54) is 0 Å². The highest BCUT2D eigenvalue weighted by Crippen LogP contribution is 1.96. The van der Waals surface area contributed by atoms with Crippen LogP contribution in [0.2, 0.25) is 0 Å². The lowest BCUT2D eigenvalue weighted by Crippen LogP contribution is -2.36. The van der Waals surface area contributed by atoms with E-state index in [1.54, 1.807) is 6.92 Å². The molecule has 5 heteroatoms. The zero-order chi connectivity index (χ0) is 13.2. The second-order valence-electron chi connectivity index (χ2n) is 3.67. The Kier molecular flexibility index (Phi) is 6.50. The molecule has 0 aromatic heterocycles. The van der Waals surface area contributed by atoms with Crippen LogP contribution >= 0.6 is 0 Å². The Hall–Kier alpha value is -1.88. The van der Waals surface area contributed by atoms with Crippen LogP contribution in [-0.2, 0) is 20.9 Å². The van der Waals surface area contributed by atoms with Gasteiger partial charge in [-0.1, -0.05) is 30.3 Å². The van der Waals surface area contributed by atoms with Gasteiger partial charge in [-0.05, 0) is 12.5 Å². The van der Waals surface area contributed by atoms with E-state index in [2.05, 4.69) is 10.6 Å². The summed E-state index contributed by atoms with van der Waals surface area (Å²) >= 11 is 0. The number of amides is 1. The molecule has 0 saturated carbocycles. The van der Waals surface area contributed by atoms with Gasteiger partial charge >= 0.3 is 5.97 Å². The van der Waals surface area contributed by atoms with Gasteiger partial charge in [0.05, 0.1) is 19.7 Å².